The topological polar surface area (TPSA) is 52.0 Å². The minimum Gasteiger partial charge on any atom is -0.297 e. The summed E-state index contributed by atoms with van der Waals surface area (Å²) in [6.45, 7) is 5.57. The lowest BCUT2D eigenvalue weighted by molar-refractivity contribution is -0.126. The van der Waals surface area contributed by atoms with Crippen LogP contribution in [0.3, 0.4) is 0 Å². The Morgan fingerprint density at radius 2 is 2.05 bits per heavy atom. The molecule has 0 aliphatic carbocycles. The fourth-order valence-electron chi connectivity index (χ4n) is 1.64. The largest absolute Gasteiger partial charge is 0.297 e. The van der Waals surface area contributed by atoms with Crippen molar-refractivity contribution in [3.63, 3.8) is 0 Å². The Kier molecular flexibility index (Phi) is 3.58. The summed E-state index contributed by atoms with van der Waals surface area (Å²) in [5, 5.41) is 0.513. The van der Waals surface area contributed by atoms with Crippen molar-refractivity contribution in [1.82, 2.24) is 9.55 Å². The van der Waals surface area contributed by atoms with Gasteiger partial charge in [-0.1, -0.05) is 36.7 Å². The molecule has 0 saturated heterocycles. The molecule has 5 heteroatoms. The van der Waals surface area contributed by atoms with Crippen molar-refractivity contribution in [1.29, 1.82) is 0 Å². The molecule has 0 bridgehead atoms. The van der Waals surface area contributed by atoms with Crippen molar-refractivity contribution in [3.05, 3.63) is 39.4 Å². The molecular formula is C14H15BrN2O2. The van der Waals surface area contributed by atoms with Crippen molar-refractivity contribution in [2.24, 2.45) is 5.41 Å². The van der Waals surface area contributed by atoms with Crippen LogP contribution in [0.1, 0.15) is 20.8 Å². The van der Waals surface area contributed by atoms with Gasteiger partial charge in [-0.05, 0) is 18.2 Å². The molecule has 19 heavy (non-hydrogen) atoms. The summed E-state index contributed by atoms with van der Waals surface area (Å²) < 4.78 is 2.18. The van der Waals surface area contributed by atoms with Gasteiger partial charge in [0.1, 0.15) is 0 Å². The van der Waals surface area contributed by atoms with Gasteiger partial charge in [0.15, 0.2) is 5.78 Å². The standard InChI is InChI=1S/C14H15BrN2O2/c1-14(2,3)12(18)7-17-8-16-11-5-4-9(15)6-10(11)13(17)19/h4-6,8H,7H2,1-3H3. The normalized spacial score (nSPS) is 11.8. The van der Waals surface area contributed by atoms with Gasteiger partial charge in [-0.2, -0.15) is 0 Å². The van der Waals surface area contributed by atoms with Gasteiger partial charge in [-0.3, -0.25) is 14.2 Å². The van der Waals surface area contributed by atoms with E-state index in [0.29, 0.717) is 10.9 Å². The van der Waals surface area contributed by atoms with E-state index in [-0.39, 0.29) is 17.9 Å². The highest BCUT2D eigenvalue weighted by atomic mass is 79.9. The Morgan fingerprint density at radius 3 is 2.68 bits per heavy atom. The van der Waals surface area contributed by atoms with E-state index in [0.717, 1.165) is 4.47 Å². The second kappa shape index (κ2) is 4.89. The van der Waals surface area contributed by atoms with E-state index >= 15 is 0 Å². The van der Waals surface area contributed by atoms with Crippen LogP contribution in [0.25, 0.3) is 10.9 Å². The zero-order valence-corrected chi connectivity index (χ0v) is 12.7. The molecule has 0 radical (unpaired) electrons. The molecule has 0 fully saturated rings. The number of rotatable bonds is 2. The molecule has 4 nitrogen and oxygen atoms in total. The molecule has 1 aromatic carbocycles. The number of fused-ring (bicyclic) bond motifs is 1. The number of hydrogen-bond acceptors (Lipinski definition) is 3. The molecule has 0 aliphatic rings. The maximum atomic E-state index is 12.3. The highest BCUT2D eigenvalue weighted by molar-refractivity contribution is 9.10. The molecule has 0 amide bonds. The maximum absolute atomic E-state index is 12.3. The van der Waals surface area contributed by atoms with Gasteiger partial charge in [0, 0.05) is 9.89 Å². The van der Waals surface area contributed by atoms with E-state index in [1.54, 1.807) is 12.1 Å². The molecule has 100 valence electrons. The predicted molar refractivity (Wildman–Crippen MR) is 78.2 cm³/mol. The Balaban J connectivity index is 2.49. The number of nitrogens with zero attached hydrogens (tertiary/aromatic N) is 2. The summed E-state index contributed by atoms with van der Waals surface area (Å²) in [6, 6.07) is 5.33. The second-order valence-electron chi connectivity index (χ2n) is 5.51. The summed E-state index contributed by atoms with van der Waals surface area (Å²) >= 11 is 3.33. The second-order valence-corrected chi connectivity index (χ2v) is 6.43. The molecule has 0 atom stereocenters. The van der Waals surface area contributed by atoms with Crippen LogP contribution in [0.15, 0.2) is 33.8 Å². The number of carbonyl (C=O) groups excluding carboxylic acids is 1. The van der Waals surface area contributed by atoms with Crippen LogP contribution < -0.4 is 5.56 Å². The first-order valence-electron chi connectivity index (χ1n) is 5.97. The first-order valence-corrected chi connectivity index (χ1v) is 6.76. The van der Waals surface area contributed by atoms with E-state index in [2.05, 4.69) is 20.9 Å². The van der Waals surface area contributed by atoms with Gasteiger partial charge in [0.05, 0.1) is 23.8 Å². The first kappa shape index (κ1) is 13.9. The van der Waals surface area contributed by atoms with Gasteiger partial charge < -0.3 is 0 Å². The molecule has 1 heterocycles. The fourth-order valence-corrected chi connectivity index (χ4v) is 2.00. The molecule has 2 rings (SSSR count). The minimum atomic E-state index is -0.467. The quantitative estimate of drug-likeness (QED) is 0.854. The van der Waals surface area contributed by atoms with E-state index in [1.807, 2.05) is 26.8 Å². The number of ketones is 1. The van der Waals surface area contributed by atoms with Gasteiger partial charge in [0.2, 0.25) is 0 Å². The lowest BCUT2D eigenvalue weighted by atomic mass is 9.91. The number of halogens is 1. The third kappa shape index (κ3) is 2.92. The van der Waals surface area contributed by atoms with Crippen LogP contribution in [-0.2, 0) is 11.3 Å². The number of hydrogen-bond donors (Lipinski definition) is 0. The highest BCUT2D eigenvalue weighted by Gasteiger charge is 2.22. The van der Waals surface area contributed by atoms with Gasteiger partial charge >= 0.3 is 0 Å². The van der Waals surface area contributed by atoms with Crippen LogP contribution in [0.2, 0.25) is 0 Å². The van der Waals surface area contributed by atoms with Crippen LogP contribution >= 0.6 is 15.9 Å². The number of benzene rings is 1. The number of aromatic nitrogens is 2. The van der Waals surface area contributed by atoms with E-state index in [4.69, 9.17) is 0 Å². The summed E-state index contributed by atoms with van der Waals surface area (Å²) in [7, 11) is 0. The smallest absolute Gasteiger partial charge is 0.261 e. The van der Waals surface area contributed by atoms with E-state index in [1.165, 1.54) is 10.9 Å². The van der Waals surface area contributed by atoms with Crippen LogP contribution in [0, 0.1) is 5.41 Å². The van der Waals surface area contributed by atoms with Crippen molar-refractivity contribution in [2.45, 2.75) is 27.3 Å². The molecule has 0 spiro atoms. The van der Waals surface area contributed by atoms with Crippen LogP contribution in [0.5, 0.6) is 0 Å². The summed E-state index contributed by atoms with van der Waals surface area (Å²) in [5.41, 5.74) is -0.0253. The molecule has 0 N–H and O–H groups in total. The Labute approximate surface area is 119 Å². The third-order valence-electron chi connectivity index (χ3n) is 2.94. The van der Waals surface area contributed by atoms with E-state index < -0.39 is 5.41 Å². The van der Waals surface area contributed by atoms with Crippen LogP contribution in [0.4, 0.5) is 0 Å². The average Bonchev–Trinajstić information content (AvgIpc) is 2.32. The molecular weight excluding hydrogens is 308 g/mol. The summed E-state index contributed by atoms with van der Waals surface area (Å²) in [4.78, 5) is 28.5. The molecule has 1 aromatic heterocycles. The lowest BCUT2D eigenvalue weighted by Crippen LogP contribution is -2.30. The summed E-state index contributed by atoms with van der Waals surface area (Å²) in [5.74, 6) is 0.00532. The SMILES string of the molecule is CC(C)(C)C(=O)Cn1cnc2ccc(Br)cc2c1=O. The molecule has 0 saturated carbocycles. The average molecular weight is 323 g/mol. The monoisotopic (exact) mass is 322 g/mol. The maximum Gasteiger partial charge on any atom is 0.261 e. The van der Waals surface area contributed by atoms with Crippen molar-refractivity contribution in [2.75, 3.05) is 0 Å². The minimum absolute atomic E-state index is 0.00532. The summed E-state index contributed by atoms with van der Waals surface area (Å²) in [6.07, 6.45) is 1.43. The molecule has 2 aromatic rings. The van der Waals surface area contributed by atoms with Gasteiger partial charge in [-0.15, -0.1) is 0 Å². The van der Waals surface area contributed by atoms with Gasteiger partial charge in [-0.25, -0.2) is 4.98 Å². The Hall–Kier alpha value is -1.49. The zero-order valence-electron chi connectivity index (χ0n) is 11.1. The van der Waals surface area contributed by atoms with E-state index in [9.17, 15) is 9.59 Å². The number of Topliss-reactive ketones (excluding diaryl/α,β-unsaturated/α-hetero) is 1. The Bertz CT molecular complexity index is 699. The number of carbonyl (C=O) groups is 1. The highest BCUT2D eigenvalue weighted by Crippen LogP contribution is 2.17. The molecule has 0 unspecified atom stereocenters. The van der Waals surface area contributed by atoms with Crippen molar-refractivity contribution >= 4 is 32.6 Å². The van der Waals surface area contributed by atoms with Crippen LogP contribution in [-0.4, -0.2) is 15.3 Å². The third-order valence-corrected chi connectivity index (χ3v) is 3.43. The lowest BCUT2D eigenvalue weighted by Gasteiger charge is -2.17. The van der Waals surface area contributed by atoms with Gasteiger partial charge in [0.25, 0.3) is 5.56 Å². The van der Waals surface area contributed by atoms with Crippen molar-refractivity contribution in [3.8, 4) is 0 Å². The van der Waals surface area contributed by atoms with Crippen molar-refractivity contribution < 1.29 is 4.79 Å². The fraction of sp³-hybridized carbons (Fsp3) is 0.357. The predicted octanol–water partition coefficient (Wildman–Crippen LogP) is 2.77. The first-order chi connectivity index (χ1) is 8.79. The Morgan fingerprint density at radius 1 is 1.37 bits per heavy atom. The molecule has 0 aliphatic heterocycles. The zero-order chi connectivity index (χ0) is 14.2.